The van der Waals surface area contributed by atoms with Gasteiger partial charge >= 0.3 is 0 Å². The number of unbranched alkanes of at least 4 members (excludes halogenated alkanes) is 1. The number of hydrogen-bond donors (Lipinski definition) is 3. The second-order valence-electron chi connectivity index (χ2n) is 4.77. The summed E-state index contributed by atoms with van der Waals surface area (Å²) in [6.45, 7) is 6.14. The van der Waals surface area contributed by atoms with Crippen LogP contribution < -0.4 is 11.1 Å². The average Bonchev–Trinajstić information content (AvgIpc) is 2.22. The van der Waals surface area contributed by atoms with Crippen molar-refractivity contribution in [2.45, 2.75) is 58.5 Å². The fourth-order valence-corrected chi connectivity index (χ4v) is 1.58. The molecule has 2 atom stereocenters. The van der Waals surface area contributed by atoms with Crippen LogP contribution in [0.4, 0.5) is 0 Å². The number of nitrogens with two attached hydrogens (primary N) is 1. The molecule has 4 heteroatoms. The van der Waals surface area contributed by atoms with Crippen LogP contribution in [0, 0.1) is 5.92 Å². The van der Waals surface area contributed by atoms with Gasteiger partial charge in [0.1, 0.15) is 0 Å². The van der Waals surface area contributed by atoms with Crippen molar-refractivity contribution in [3.05, 3.63) is 0 Å². The lowest BCUT2D eigenvalue weighted by Crippen LogP contribution is -2.47. The van der Waals surface area contributed by atoms with E-state index in [4.69, 9.17) is 10.8 Å². The van der Waals surface area contributed by atoms with Crippen molar-refractivity contribution in [1.82, 2.24) is 5.32 Å². The monoisotopic (exact) mass is 230 g/mol. The number of aliphatic hydroxyl groups excluding tert-OH is 1. The van der Waals surface area contributed by atoms with E-state index in [0.717, 1.165) is 19.3 Å². The third kappa shape index (κ3) is 6.80. The van der Waals surface area contributed by atoms with Gasteiger partial charge in [-0.15, -0.1) is 0 Å². The van der Waals surface area contributed by atoms with E-state index in [-0.39, 0.29) is 18.6 Å². The summed E-state index contributed by atoms with van der Waals surface area (Å²) in [5, 5.41) is 11.9. The zero-order chi connectivity index (χ0) is 12.6. The number of aliphatic hydroxyl groups is 1. The zero-order valence-corrected chi connectivity index (χ0v) is 10.7. The number of carbonyl (C=O) groups is 1. The smallest absolute Gasteiger partial charge is 0.237 e. The molecule has 0 unspecified atom stereocenters. The van der Waals surface area contributed by atoms with Gasteiger partial charge in [-0.25, -0.2) is 0 Å². The van der Waals surface area contributed by atoms with Gasteiger partial charge in [0, 0.05) is 0 Å². The molecule has 0 radical (unpaired) electrons. The van der Waals surface area contributed by atoms with Gasteiger partial charge in [-0.05, 0) is 18.8 Å². The Balaban J connectivity index is 3.98. The minimum absolute atomic E-state index is 0.0138. The molecule has 0 heterocycles. The zero-order valence-electron chi connectivity index (χ0n) is 10.7. The van der Waals surface area contributed by atoms with E-state index in [0.29, 0.717) is 12.3 Å². The summed E-state index contributed by atoms with van der Waals surface area (Å²) in [5.74, 6) is 0.257. The molecule has 96 valence electrons. The summed E-state index contributed by atoms with van der Waals surface area (Å²) in [4.78, 5) is 11.7. The minimum atomic E-state index is -0.462. The normalized spacial score (nSPS) is 14.9. The number of rotatable bonds is 8. The van der Waals surface area contributed by atoms with E-state index in [2.05, 4.69) is 12.2 Å². The van der Waals surface area contributed by atoms with Crippen molar-refractivity contribution in [2.24, 2.45) is 11.7 Å². The number of nitrogens with one attached hydrogen (secondary N) is 1. The molecule has 0 spiro atoms. The molecule has 4 N–H and O–H groups in total. The van der Waals surface area contributed by atoms with Crippen LogP contribution in [0.5, 0.6) is 0 Å². The molecular weight excluding hydrogens is 204 g/mol. The van der Waals surface area contributed by atoms with Crippen molar-refractivity contribution < 1.29 is 9.90 Å². The maximum atomic E-state index is 11.7. The molecule has 0 saturated heterocycles. The van der Waals surface area contributed by atoms with Gasteiger partial charge in [0.25, 0.3) is 0 Å². The van der Waals surface area contributed by atoms with Gasteiger partial charge in [0.2, 0.25) is 5.91 Å². The van der Waals surface area contributed by atoms with E-state index in [9.17, 15) is 4.79 Å². The molecule has 4 nitrogen and oxygen atoms in total. The Hall–Kier alpha value is -0.610. The van der Waals surface area contributed by atoms with Crippen LogP contribution in [0.15, 0.2) is 0 Å². The summed E-state index contributed by atoms with van der Waals surface area (Å²) in [5.41, 5.74) is 5.76. The molecule has 0 aromatic carbocycles. The lowest BCUT2D eigenvalue weighted by Gasteiger charge is -2.19. The third-order valence-corrected chi connectivity index (χ3v) is 2.54. The second kappa shape index (κ2) is 8.53. The second-order valence-corrected chi connectivity index (χ2v) is 4.77. The van der Waals surface area contributed by atoms with Crippen molar-refractivity contribution in [3.8, 4) is 0 Å². The molecule has 16 heavy (non-hydrogen) atoms. The molecule has 0 rings (SSSR count). The molecule has 0 bridgehead atoms. The molecule has 0 aromatic heterocycles. The van der Waals surface area contributed by atoms with Crippen LogP contribution in [-0.4, -0.2) is 29.7 Å². The summed E-state index contributed by atoms with van der Waals surface area (Å²) >= 11 is 0. The molecular formula is C12H26N2O2. The Kier molecular flexibility index (Phi) is 8.21. The molecule has 1 amide bonds. The van der Waals surface area contributed by atoms with E-state index < -0.39 is 6.04 Å². The Labute approximate surface area is 98.6 Å². The quantitative estimate of drug-likeness (QED) is 0.583. The summed E-state index contributed by atoms with van der Waals surface area (Å²) in [6, 6.07) is -0.610. The first kappa shape index (κ1) is 15.4. The fraction of sp³-hybridized carbons (Fsp3) is 0.917. The first-order valence-corrected chi connectivity index (χ1v) is 6.18. The van der Waals surface area contributed by atoms with Gasteiger partial charge in [0.05, 0.1) is 18.7 Å². The van der Waals surface area contributed by atoms with Crippen molar-refractivity contribution in [1.29, 1.82) is 0 Å². The van der Waals surface area contributed by atoms with E-state index in [1.165, 1.54) is 0 Å². The summed E-state index contributed by atoms with van der Waals surface area (Å²) in [7, 11) is 0. The summed E-state index contributed by atoms with van der Waals surface area (Å²) in [6.07, 6.45) is 3.56. The van der Waals surface area contributed by atoms with Crippen LogP contribution in [0.2, 0.25) is 0 Å². The molecule has 0 fully saturated rings. The van der Waals surface area contributed by atoms with E-state index in [1.54, 1.807) is 0 Å². The highest BCUT2D eigenvalue weighted by molar-refractivity contribution is 5.81. The Morgan fingerprint density at radius 2 is 2.06 bits per heavy atom. The minimum Gasteiger partial charge on any atom is -0.394 e. The maximum absolute atomic E-state index is 11.7. The van der Waals surface area contributed by atoms with Crippen LogP contribution in [0.3, 0.4) is 0 Å². The third-order valence-electron chi connectivity index (χ3n) is 2.54. The highest BCUT2D eigenvalue weighted by Gasteiger charge is 2.18. The lowest BCUT2D eigenvalue weighted by atomic mass is 10.0. The topological polar surface area (TPSA) is 75.3 Å². The summed E-state index contributed by atoms with van der Waals surface area (Å²) < 4.78 is 0. The van der Waals surface area contributed by atoms with E-state index >= 15 is 0 Å². The Morgan fingerprint density at radius 1 is 1.44 bits per heavy atom. The van der Waals surface area contributed by atoms with Gasteiger partial charge in [-0.3, -0.25) is 4.79 Å². The largest absolute Gasteiger partial charge is 0.394 e. The molecule has 0 aliphatic carbocycles. The van der Waals surface area contributed by atoms with Crippen LogP contribution >= 0.6 is 0 Å². The van der Waals surface area contributed by atoms with Gasteiger partial charge in [-0.1, -0.05) is 33.6 Å². The van der Waals surface area contributed by atoms with Crippen molar-refractivity contribution >= 4 is 5.91 Å². The molecule has 0 aromatic rings. The van der Waals surface area contributed by atoms with Crippen LogP contribution in [-0.2, 0) is 4.79 Å². The molecule has 0 aliphatic heterocycles. The highest BCUT2D eigenvalue weighted by Crippen LogP contribution is 2.04. The first-order valence-electron chi connectivity index (χ1n) is 6.18. The SMILES string of the molecule is CCCC[C@@H](CO)NC(=O)[C@@H](N)CC(C)C. The van der Waals surface area contributed by atoms with Gasteiger partial charge in [0.15, 0.2) is 0 Å². The van der Waals surface area contributed by atoms with Gasteiger partial charge < -0.3 is 16.2 Å². The average molecular weight is 230 g/mol. The Bertz CT molecular complexity index is 195. The van der Waals surface area contributed by atoms with Crippen LogP contribution in [0.25, 0.3) is 0 Å². The molecule has 0 aliphatic rings. The molecule has 0 saturated carbocycles. The predicted octanol–water partition coefficient (Wildman–Crippen LogP) is 1.03. The number of carbonyl (C=O) groups excluding carboxylic acids is 1. The predicted molar refractivity (Wildman–Crippen MR) is 66.0 cm³/mol. The first-order chi connectivity index (χ1) is 7.51. The fourth-order valence-electron chi connectivity index (χ4n) is 1.58. The van der Waals surface area contributed by atoms with Crippen molar-refractivity contribution in [3.63, 3.8) is 0 Å². The highest BCUT2D eigenvalue weighted by atomic mass is 16.3. The number of hydrogen-bond acceptors (Lipinski definition) is 3. The van der Waals surface area contributed by atoms with Gasteiger partial charge in [-0.2, -0.15) is 0 Å². The Morgan fingerprint density at radius 3 is 2.50 bits per heavy atom. The van der Waals surface area contributed by atoms with Crippen molar-refractivity contribution in [2.75, 3.05) is 6.61 Å². The van der Waals surface area contributed by atoms with E-state index in [1.807, 2.05) is 13.8 Å². The standard InChI is InChI=1S/C12H26N2O2/c1-4-5-6-10(8-15)14-12(16)11(13)7-9(2)3/h9-11,15H,4-8,13H2,1-3H3,(H,14,16)/t10-,11-/m0/s1. The lowest BCUT2D eigenvalue weighted by molar-refractivity contribution is -0.123. The maximum Gasteiger partial charge on any atom is 0.237 e. The van der Waals surface area contributed by atoms with Crippen LogP contribution in [0.1, 0.15) is 46.5 Å². The number of amides is 1.